The highest BCUT2D eigenvalue weighted by Gasteiger charge is 2.17. The Balaban J connectivity index is 1.23. The summed E-state index contributed by atoms with van der Waals surface area (Å²) in [4.78, 5) is 17.9. The van der Waals surface area contributed by atoms with E-state index in [4.69, 9.17) is 0 Å². The van der Waals surface area contributed by atoms with Crippen molar-refractivity contribution in [2.75, 3.05) is 0 Å². The zero-order chi connectivity index (χ0) is 36.1. The highest BCUT2D eigenvalue weighted by molar-refractivity contribution is 5.96. The van der Waals surface area contributed by atoms with Crippen molar-refractivity contribution >= 4 is 0 Å². The van der Waals surface area contributed by atoms with Crippen molar-refractivity contribution in [2.24, 2.45) is 0 Å². The van der Waals surface area contributed by atoms with Gasteiger partial charge in [0.2, 0.25) is 0 Å². The molecule has 0 saturated carbocycles. The third-order valence-electron chi connectivity index (χ3n) is 9.80. The van der Waals surface area contributed by atoms with E-state index in [0.717, 1.165) is 55.6 Å². The summed E-state index contributed by atoms with van der Waals surface area (Å²) < 4.78 is 0. The molecule has 0 aliphatic heterocycles. The van der Waals surface area contributed by atoms with Crippen LogP contribution in [-0.4, -0.2) is 19.9 Å². The normalized spacial score (nSPS) is 11.0. The molecular formula is C50H34N4. The van der Waals surface area contributed by atoms with Crippen LogP contribution in [0.25, 0.3) is 89.5 Å². The molecule has 0 aliphatic carbocycles. The zero-order valence-corrected chi connectivity index (χ0v) is 29.4. The lowest BCUT2D eigenvalue weighted by Gasteiger charge is -2.19. The maximum atomic E-state index is 4.48. The Labute approximate surface area is 315 Å². The molecule has 9 aromatic rings. The van der Waals surface area contributed by atoms with E-state index in [0.29, 0.717) is 11.6 Å². The highest BCUT2D eigenvalue weighted by atomic mass is 14.9. The van der Waals surface area contributed by atoms with Crippen molar-refractivity contribution in [3.8, 4) is 89.5 Å². The fourth-order valence-corrected chi connectivity index (χ4v) is 6.99. The van der Waals surface area contributed by atoms with Crippen molar-refractivity contribution < 1.29 is 0 Å². The van der Waals surface area contributed by atoms with Gasteiger partial charge in [0.1, 0.15) is 0 Å². The number of nitrogens with zero attached hydrogens (tertiary/aromatic N) is 4. The molecule has 4 nitrogen and oxygen atoms in total. The van der Waals surface area contributed by atoms with Crippen LogP contribution in [-0.2, 0) is 0 Å². The van der Waals surface area contributed by atoms with Gasteiger partial charge in [0, 0.05) is 35.9 Å². The summed E-state index contributed by atoms with van der Waals surface area (Å²) in [5.41, 5.74) is 15.8. The quantitative estimate of drug-likeness (QED) is 0.159. The Kier molecular flexibility index (Phi) is 8.90. The Morgan fingerprint density at radius 2 is 0.444 bits per heavy atom. The van der Waals surface area contributed by atoms with Gasteiger partial charge in [-0.05, 0) is 91.0 Å². The summed E-state index contributed by atoms with van der Waals surface area (Å²) in [6.45, 7) is 0. The van der Waals surface area contributed by atoms with E-state index in [2.05, 4.69) is 190 Å². The molecule has 2 heterocycles. The van der Waals surface area contributed by atoms with Gasteiger partial charge < -0.3 is 0 Å². The molecule has 0 fully saturated rings. The predicted molar refractivity (Wildman–Crippen MR) is 221 cm³/mol. The van der Waals surface area contributed by atoms with Crippen molar-refractivity contribution in [1.82, 2.24) is 19.9 Å². The van der Waals surface area contributed by atoms with E-state index in [1.165, 1.54) is 22.3 Å². The summed E-state index contributed by atoms with van der Waals surface area (Å²) in [6, 6.07) is 64.4. The third kappa shape index (κ3) is 6.72. The number of rotatable bonds is 8. The molecule has 0 spiro atoms. The zero-order valence-electron chi connectivity index (χ0n) is 29.4. The van der Waals surface area contributed by atoms with Gasteiger partial charge in [-0.25, -0.2) is 19.9 Å². The lowest BCUT2D eigenvalue weighted by molar-refractivity contribution is 1.18. The molecule has 54 heavy (non-hydrogen) atoms. The van der Waals surface area contributed by atoms with Gasteiger partial charge in [-0.15, -0.1) is 0 Å². The van der Waals surface area contributed by atoms with Crippen LogP contribution in [0, 0.1) is 0 Å². The molecule has 0 radical (unpaired) electrons. The molecule has 0 unspecified atom stereocenters. The number of aromatic nitrogens is 4. The fourth-order valence-electron chi connectivity index (χ4n) is 6.99. The van der Waals surface area contributed by atoms with Crippen LogP contribution in [0.2, 0.25) is 0 Å². The van der Waals surface area contributed by atoms with Crippen LogP contribution in [0.4, 0.5) is 0 Å². The molecule has 4 heteroatoms. The Morgan fingerprint density at radius 3 is 0.741 bits per heavy atom. The topological polar surface area (TPSA) is 51.6 Å². The van der Waals surface area contributed by atoms with Crippen LogP contribution in [0.1, 0.15) is 0 Å². The third-order valence-corrected chi connectivity index (χ3v) is 9.80. The largest absolute Gasteiger partial charge is 0.237 e. The first kappa shape index (κ1) is 32.6. The Hall–Kier alpha value is -7.30. The molecule has 0 aliphatic rings. The first-order chi connectivity index (χ1) is 26.8. The molecular weight excluding hydrogens is 657 g/mol. The smallest absolute Gasteiger partial charge is 0.159 e. The molecule has 2 aromatic heterocycles. The van der Waals surface area contributed by atoms with Gasteiger partial charge in [0.15, 0.2) is 11.6 Å². The lowest BCUT2D eigenvalue weighted by atomic mass is 9.85. The molecule has 0 atom stereocenters. The monoisotopic (exact) mass is 690 g/mol. The second kappa shape index (κ2) is 14.7. The summed E-state index contributed by atoms with van der Waals surface area (Å²) >= 11 is 0. The van der Waals surface area contributed by atoms with Crippen LogP contribution in [0.3, 0.4) is 0 Å². The molecule has 7 aromatic carbocycles. The SMILES string of the molecule is c1ccc(-c2ccc(-c3cc(-c4ccc(-c5ccccc5)cc4)c(-c4ccc(-c5ncccn5)cc4)cc3-c3ccc(-c4ncccn4)cc3)cc2)cc1. The second-order valence-corrected chi connectivity index (χ2v) is 13.1. The van der Waals surface area contributed by atoms with E-state index in [1.54, 1.807) is 24.8 Å². The number of hydrogen-bond acceptors (Lipinski definition) is 4. The Bertz CT molecular complexity index is 2250. The van der Waals surface area contributed by atoms with Crippen LogP contribution < -0.4 is 0 Å². The van der Waals surface area contributed by atoms with E-state index in [1.807, 2.05) is 12.1 Å². The first-order valence-electron chi connectivity index (χ1n) is 18.0. The standard InChI is InChI=1S/C50H34N4/c1-3-9-35(10-4-1)37-13-17-39(18-14-37)45-33-46(40-19-15-38(16-20-40)36-11-5-2-6-12-36)48(42-23-27-44(28-24-42)50-53-31-8-32-54-50)34-47(45)41-21-25-43(26-22-41)49-51-29-7-30-52-49/h1-34H. The van der Waals surface area contributed by atoms with Crippen molar-refractivity contribution in [3.05, 3.63) is 207 Å². The minimum Gasteiger partial charge on any atom is -0.237 e. The maximum absolute atomic E-state index is 4.48. The van der Waals surface area contributed by atoms with Gasteiger partial charge >= 0.3 is 0 Å². The van der Waals surface area contributed by atoms with Gasteiger partial charge in [-0.2, -0.15) is 0 Å². The van der Waals surface area contributed by atoms with Crippen LogP contribution in [0.5, 0.6) is 0 Å². The molecule has 254 valence electrons. The minimum atomic E-state index is 0.707. The van der Waals surface area contributed by atoms with E-state index >= 15 is 0 Å². The minimum absolute atomic E-state index is 0.707. The molecule has 9 rings (SSSR count). The van der Waals surface area contributed by atoms with Gasteiger partial charge in [0.25, 0.3) is 0 Å². The lowest BCUT2D eigenvalue weighted by Crippen LogP contribution is -1.94. The number of hydrogen-bond donors (Lipinski definition) is 0. The molecule has 0 amide bonds. The summed E-state index contributed by atoms with van der Waals surface area (Å²) in [5.74, 6) is 1.41. The van der Waals surface area contributed by atoms with Crippen molar-refractivity contribution in [1.29, 1.82) is 0 Å². The van der Waals surface area contributed by atoms with Crippen molar-refractivity contribution in [3.63, 3.8) is 0 Å². The van der Waals surface area contributed by atoms with Crippen LogP contribution in [0.15, 0.2) is 207 Å². The van der Waals surface area contributed by atoms with Gasteiger partial charge in [-0.1, -0.05) is 158 Å². The first-order valence-corrected chi connectivity index (χ1v) is 18.0. The maximum Gasteiger partial charge on any atom is 0.159 e. The van der Waals surface area contributed by atoms with Crippen molar-refractivity contribution in [2.45, 2.75) is 0 Å². The van der Waals surface area contributed by atoms with Gasteiger partial charge in [0.05, 0.1) is 0 Å². The van der Waals surface area contributed by atoms with Crippen LogP contribution >= 0.6 is 0 Å². The van der Waals surface area contributed by atoms with E-state index < -0.39 is 0 Å². The average molecular weight is 691 g/mol. The Morgan fingerprint density at radius 1 is 0.204 bits per heavy atom. The summed E-state index contributed by atoms with van der Waals surface area (Å²) in [5, 5.41) is 0. The van der Waals surface area contributed by atoms with Gasteiger partial charge in [-0.3, -0.25) is 0 Å². The molecule has 0 bridgehead atoms. The summed E-state index contributed by atoms with van der Waals surface area (Å²) in [7, 11) is 0. The molecule has 0 saturated heterocycles. The summed E-state index contributed by atoms with van der Waals surface area (Å²) in [6.07, 6.45) is 7.11. The second-order valence-electron chi connectivity index (χ2n) is 13.1. The average Bonchev–Trinajstić information content (AvgIpc) is 3.27. The van der Waals surface area contributed by atoms with E-state index in [-0.39, 0.29) is 0 Å². The fraction of sp³-hybridized carbons (Fsp3) is 0. The van der Waals surface area contributed by atoms with E-state index in [9.17, 15) is 0 Å². The highest BCUT2D eigenvalue weighted by Crippen LogP contribution is 2.43. The number of benzene rings is 7. The molecule has 0 N–H and O–H groups in total. The predicted octanol–water partition coefficient (Wildman–Crippen LogP) is 12.6.